The Labute approximate surface area is 103 Å². The topological polar surface area (TPSA) is 86.7 Å². The number of hydrogen-bond acceptors (Lipinski definition) is 5. The molecule has 0 radical (unpaired) electrons. The highest BCUT2D eigenvalue weighted by Gasteiger charge is 2.10. The van der Waals surface area contributed by atoms with Gasteiger partial charge in [-0.2, -0.15) is 5.21 Å². The molecule has 90 valence electrons. The summed E-state index contributed by atoms with van der Waals surface area (Å²) in [6.45, 7) is 2.38. The van der Waals surface area contributed by atoms with Crippen molar-refractivity contribution in [2.24, 2.45) is 0 Å². The predicted octanol–water partition coefficient (Wildman–Crippen LogP) is 1.41. The SMILES string of the molecule is CC(NCc1cc(Cl)ccc1O)c1nn[nH]n1. The molecule has 17 heavy (non-hydrogen) atoms. The normalized spacial score (nSPS) is 12.6. The van der Waals surface area contributed by atoms with Crippen molar-refractivity contribution in [3.63, 3.8) is 0 Å². The summed E-state index contributed by atoms with van der Waals surface area (Å²) in [6, 6.07) is 4.86. The average Bonchev–Trinajstić information content (AvgIpc) is 2.83. The fourth-order valence-corrected chi connectivity index (χ4v) is 1.60. The fourth-order valence-electron chi connectivity index (χ4n) is 1.40. The highest BCUT2D eigenvalue weighted by Crippen LogP contribution is 2.21. The van der Waals surface area contributed by atoms with E-state index in [1.54, 1.807) is 18.2 Å². The van der Waals surface area contributed by atoms with Gasteiger partial charge in [0.15, 0.2) is 5.82 Å². The van der Waals surface area contributed by atoms with E-state index < -0.39 is 0 Å². The molecule has 1 unspecified atom stereocenters. The third-order valence-electron chi connectivity index (χ3n) is 2.39. The van der Waals surface area contributed by atoms with Gasteiger partial charge in [0.2, 0.25) is 0 Å². The molecule has 3 N–H and O–H groups in total. The fraction of sp³-hybridized carbons (Fsp3) is 0.300. The minimum absolute atomic E-state index is 0.0628. The van der Waals surface area contributed by atoms with Crippen LogP contribution in [0.2, 0.25) is 5.02 Å². The molecule has 0 aliphatic heterocycles. The van der Waals surface area contributed by atoms with Crippen LogP contribution in [0.1, 0.15) is 24.4 Å². The standard InChI is InChI=1S/C10H12ClN5O/c1-6(10-13-15-16-14-10)12-5-7-4-8(11)2-3-9(7)17/h2-4,6,12,17H,5H2,1H3,(H,13,14,15,16). The number of aromatic amines is 1. The molecule has 7 heteroatoms. The molecule has 0 amide bonds. The number of benzene rings is 1. The summed E-state index contributed by atoms with van der Waals surface area (Å²) in [6.07, 6.45) is 0. The van der Waals surface area contributed by atoms with E-state index in [-0.39, 0.29) is 11.8 Å². The van der Waals surface area contributed by atoms with Crippen molar-refractivity contribution >= 4 is 11.6 Å². The lowest BCUT2D eigenvalue weighted by Crippen LogP contribution is -2.19. The summed E-state index contributed by atoms with van der Waals surface area (Å²) in [5.74, 6) is 0.786. The van der Waals surface area contributed by atoms with Gasteiger partial charge in [-0.3, -0.25) is 0 Å². The number of halogens is 1. The van der Waals surface area contributed by atoms with Crippen LogP contribution >= 0.6 is 11.6 Å². The van der Waals surface area contributed by atoms with Crippen LogP contribution in [0, 0.1) is 0 Å². The molecule has 0 aliphatic rings. The minimum Gasteiger partial charge on any atom is -0.508 e. The lowest BCUT2D eigenvalue weighted by Gasteiger charge is -2.11. The maximum absolute atomic E-state index is 9.63. The molecule has 1 aromatic carbocycles. The first kappa shape index (κ1) is 11.8. The van der Waals surface area contributed by atoms with Crippen molar-refractivity contribution in [2.75, 3.05) is 0 Å². The third kappa shape index (κ3) is 2.92. The van der Waals surface area contributed by atoms with Crippen LogP contribution in [0.3, 0.4) is 0 Å². The quantitative estimate of drug-likeness (QED) is 0.767. The number of phenolic OH excluding ortho intramolecular Hbond substituents is 1. The molecule has 6 nitrogen and oxygen atoms in total. The molecule has 1 atom stereocenters. The van der Waals surface area contributed by atoms with Crippen molar-refractivity contribution in [3.05, 3.63) is 34.6 Å². The van der Waals surface area contributed by atoms with E-state index in [0.29, 0.717) is 17.4 Å². The maximum Gasteiger partial charge on any atom is 0.191 e. The van der Waals surface area contributed by atoms with Crippen LogP contribution in [0.4, 0.5) is 0 Å². The van der Waals surface area contributed by atoms with Gasteiger partial charge < -0.3 is 10.4 Å². The molecule has 0 bridgehead atoms. The van der Waals surface area contributed by atoms with Crippen LogP contribution in [0.5, 0.6) is 5.75 Å². The zero-order valence-electron chi connectivity index (χ0n) is 9.18. The van der Waals surface area contributed by atoms with Gasteiger partial charge in [0.1, 0.15) is 5.75 Å². The predicted molar refractivity (Wildman–Crippen MR) is 62.5 cm³/mol. The molecular weight excluding hydrogens is 242 g/mol. The van der Waals surface area contributed by atoms with Crippen molar-refractivity contribution in [2.45, 2.75) is 19.5 Å². The maximum atomic E-state index is 9.63. The second-order valence-electron chi connectivity index (χ2n) is 3.65. The number of tetrazole rings is 1. The monoisotopic (exact) mass is 253 g/mol. The molecule has 0 spiro atoms. The number of phenols is 1. The first-order valence-electron chi connectivity index (χ1n) is 5.11. The molecular formula is C10H12ClN5O. The first-order valence-corrected chi connectivity index (χ1v) is 5.48. The minimum atomic E-state index is -0.0628. The van der Waals surface area contributed by atoms with Crippen molar-refractivity contribution in [3.8, 4) is 5.75 Å². The van der Waals surface area contributed by atoms with Crippen molar-refractivity contribution < 1.29 is 5.11 Å². The molecule has 2 aromatic rings. The molecule has 2 rings (SSSR count). The average molecular weight is 254 g/mol. The number of hydrogen-bond donors (Lipinski definition) is 3. The van der Waals surface area contributed by atoms with E-state index in [0.717, 1.165) is 5.56 Å². The Balaban J connectivity index is 2.00. The number of aromatic nitrogens is 4. The van der Waals surface area contributed by atoms with Gasteiger partial charge in [0.25, 0.3) is 0 Å². The Kier molecular flexibility index (Phi) is 3.55. The van der Waals surface area contributed by atoms with E-state index in [1.165, 1.54) is 0 Å². The van der Waals surface area contributed by atoms with Crippen LogP contribution < -0.4 is 5.32 Å². The van der Waals surface area contributed by atoms with Crippen LogP contribution in [-0.2, 0) is 6.54 Å². The van der Waals surface area contributed by atoms with Gasteiger partial charge in [-0.05, 0) is 25.1 Å². The largest absolute Gasteiger partial charge is 0.508 e. The van der Waals surface area contributed by atoms with E-state index in [9.17, 15) is 5.11 Å². The van der Waals surface area contributed by atoms with Gasteiger partial charge in [-0.25, -0.2) is 0 Å². The van der Waals surface area contributed by atoms with Gasteiger partial charge in [-0.15, -0.1) is 10.2 Å². The molecule has 1 heterocycles. The highest BCUT2D eigenvalue weighted by molar-refractivity contribution is 6.30. The van der Waals surface area contributed by atoms with Gasteiger partial charge in [0, 0.05) is 17.1 Å². The number of nitrogens with one attached hydrogen (secondary N) is 2. The molecule has 0 aliphatic carbocycles. The Morgan fingerprint density at radius 3 is 3.06 bits per heavy atom. The summed E-state index contributed by atoms with van der Waals surface area (Å²) in [5, 5.41) is 27.0. The summed E-state index contributed by atoms with van der Waals surface area (Å²) in [7, 11) is 0. The summed E-state index contributed by atoms with van der Waals surface area (Å²) in [4.78, 5) is 0. The third-order valence-corrected chi connectivity index (χ3v) is 2.62. The summed E-state index contributed by atoms with van der Waals surface area (Å²) in [5.41, 5.74) is 0.729. The van der Waals surface area contributed by atoms with E-state index in [2.05, 4.69) is 25.9 Å². The zero-order valence-corrected chi connectivity index (χ0v) is 9.94. The number of aromatic hydroxyl groups is 1. The Hall–Kier alpha value is -1.66. The van der Waals surface area contributed by atoms with E-state index in [1.807, 2.05) is 6.92 Å². The smallest absolute Gasteiger partial charge is 0.191 e. The second kappa shape index (κ2) is 5.11. The number of rotatable bonds is 4. The van der Waals surface area contributed by atoms with Gasteiger partial charge in [0.05, 0.1) is 6.04 Å². The first-order chi connectivity index (χ1) is 8.16. The Morgan fingerprint density at radius 1 is 1.53 bits per heavy atom. The zero-order chi connectivity index (χ0) is 12.3. The molecule has 0 saturated heterocycles. The highest BCUT2D eigenvalue weighted by atomic mass is 35.5. The van der Waals surface area contributed by atoms with Crippen LogP contribution in [0.15, 0.2) is 18.2 Å². The lowest BCUT2D eigenvalue weighted by molar-refractivity contribution is 0.458. The molecule has 0 fully saturated rings. The van der Waals surface area contributed by atoms with Crippen molar-refractivity contribution in [1.82, 2.24) is 25.9 Å². The summed E-state index contributed by atoms with van der Waals surface area (Å²) >= 11 is 5.85. The van der Waals surface area contributed by atoms with E-state index >= 15 is 0 Å². The number of H-pyrrole nitrogens is 1. The second-order valence-corrected chi connectivity index (χ2v) is 4.08. The van der Waals surface area contributed by atoms with Gasteiger partial charge in [-0.1, -0.05) is 16.8 Å². The van der Waals surface area contributed by atoms with E-state index in [4.69, 9.17) is 11.6 Å². The lowest BCUT2D eigenvalue weighted by atomic mass is 10.2. The van der Waals surface area contributed by atoms with Crippen LogP contribution in [-0.4, -0.2) is 25.7 Å². The van der Waals surface area contributed by atoms with Crippen molar-refractivity contribution in [1.29, 1.82) is 0 Å². The number of nitrogens with zero attached hydrogens (tertiary/aromatic N) is 3. The van der Waals surface area contributed by atoms with Crippen LogP contribution in [0.25, 0.3) is 0 Å². The summed E-state index contributed by atoms with van der Waals surface area (Å²) < 4.78 is 0. The van der Waals surface area contributed by atoms with Gasteiger partial charge >= 0.3 is 0 Å². The molecule has 1 aromatic heterocycles. The Morgan fingerprint density at radius 2 is 2.35 bits per heavy atom. The molecule has 0 saturated carbocycles. The Bertz CT molecular complexity index is 487.